The summed E-state index contributed by atoms with van der Waals surface area (Å²) in [6.45, 7) is 6.78. The number of alkyl halides is 1. The number of aromatic nitrogens is 1. The first kappa shape index (κ1) is 24.0. The number of hydrogen-bond donors (Lipinski definition) is 1. The Morgan fingerprint density at radius 1 is 1.34 bits per heavy atom. The zero-order valence-electron chi connectivity index (χ0n) is 18.5. The minimum Gasteiger partial charge on any atom is -0.463 e. The van der Waals surface area contributed by atoms with Gasteiger partial charge in [-0.15, -0.1) is 11.3 Å². The fraction of sp³-hybridized carbons (Fsp3) is 0.435. The van der Waals surface area contributed by atoms with Crippen LogP contribution in [0, 0.1) is 12.7 Å². The molecule has 1 aliphatic heterocycles. The molecule has 0 spiro atoms. The Balaban J connectivity index is 2.14. The molecule has 0 radical (unpaired) electrons. The van der Waals surface area contributed by atoms with Crippen LogP contribution in [0.4, 0.5) is 8.78 Å². The highest BCUT2D eigenvalue weighted by Gasteiger charge is 2.34. The van der Waals surface area contributed by atoms with Gasteiger partial charge < -0.3 is 10.1 Å². The van der Waals surface area contributed by atoms with E-state index in [4.69, 9.17) is 9.73 Å². The number of rotatable bonds is 10. The largest absolute Gasteiger partial charge is 0.463 e. The molecule has 1 N–H and O–H groups in total. The molecule has 0 bridgehead atoms. The van der Waals surface area contributed by atoms with Crippen LogP contribution in [-0.4, -0.2) is 54.6 Å². The molecule has 1 aromatic carbocycles. The quantitative estimate of drug-likeness (QED) is 0.537. The van der Waals surface area contributed by atoms with Crippen molar-refractivity contribution in [1.82, 2.24) is 15.2 Å². The summed E-state index contributed by atoms with van der Waals surface area (Å²) in [4.78, 5) is 24.3. The summed E-state index contributed by atoms with van der Waals surface area (Å²) >= 11 is 1.41. The van der Waals surface area contributed by atoms with E-state index < -0.39 is 18.7 Å². The van der Waals surface area contributed by atoms with Crippen LogP contribution in [0.15, 0.2) is 46.0 Å². The molecule has 0 aliphatic carbocycles. The summed E-state index contributed by atoms with van der Waals surface area (Å²) in [5.41, 5.74) is 1.96. The van der Waals surface area contributed by atoms with Crippen molar-refractivity contribution in [3.8, 4) is 0 Å². The number of esters is 1. The van der Waals surface area contributed by atoms with Gasteiger partial charge in [-0.3, -0.25) is 14.3 Å². The summed E-state index contributed by atoms with van der Waals surface area (Å²) in [5, 5.41) is 5.77. The Morgan fingerprint density at radius 2 is 2.16 bits per heavy atom. The van der Waals surface area contributed by atoms with Gasteiger partial charge >= 0.3 is 5.97 Å². The molecule has 3 rings (SSSR count). The monoisotopic (exact) mass is 462 g/mol. The first-order chi connectivity index (χ1) is 15.5. The highest BCUT2D eigenvalue weighted by atomic mass is 32.1. The smallest absolute Gasteiger partial charge is 0.338 e. The molecular weight excluding hydrogens is 434 g/mol. The van der Waals surface area contributed by atoms with Gasteiger partial charge in [0.2, 0.25) is 0 Å². The first-order valence-corrected chi connectivity index (χ1v) is 11.6. The number of nitrogens with zero attached hydrogens (tertiary/aromatic N) is 3. The minimum atomic E-state index is -0.750. The van der Waals surface area contributed by atoms with E-state index in [0.717, 1.165) is 0 Å². The molecule has 32 heavy (non-hydrogen) atoms. The summed E-state index contributed by atoms with van der Waals surface area (Å²) in [6.07, 6.45) is 2.08. The van der Waals surface area contributed by atoms with Crippen molar-refractivity contribution < 1.29 is 18.3 Å². The van der Waals surface area contributed by atoms with E-state index in [9.17, 15) is 13.6 Å². The number of hydrogen-bond acceptors (Lipinski definition) is 7. The number of carbonyl (C=O) groups excluding carboxylic acids is 1. The van der Waals surface area contributed by atoms with Gasteiger partial charge in [0, 0.05) is 30.4 Å². The van der Waals surface area contributed by atoms with Crippen molar-refractivity contribution >= 4 is 23.1 Å². The van der Waals surface area contributed by atoms with Crippen molar-refractivity contribution in [2.75, 3.05) is 32.9 Å². The van der Waals surface area contributed by atoms with Crippen LogP contribution in [0.5, 0.6) is 0 Å². The summed E-state index contributed by atoms with van der Waals surface area (Å²) in [5.74, 6) is -0.361. The molecule has 9 heteroatoms. The number of likely N-dealkylation sites (N-methyl/N-ethyl adjacent to an activating group) is 1. The number of ether oxygens (including phenoxy) is 1. The maximum Gasteiger partial charge on any atom is 0.338 e. The molecule has 0 amide bonds. The lowest BCUT2D eigenvalue weighted by Crippen LogP contribution is -2.40. The summed E-state index contributed by atoms with van der Waals surface area (Å²) in [7, 11) is 0. The standard InChI is InChI=1S/C23H28F2N4O2S/c1-4-29(12-7-10-24)14-18-19(23(30)31-5-2)20(16-8-6-9-17(25)15(16)3)28-21(27-18)22-26-11-13-32-22/h6,8-9,11,13,20H,4-5,7,10,12,14H2,1-3H3,(H,27,28)/t20-/m0/s1. The molecule has 2 heterocycles. The van der Waals surface area contributed by atoms with E-state index >= 15 is 0 Å². The van der Waals surface area contributed by atoms with Gasteiger partial charge in [-0.1, -0.05) is 19.1 Å². The number of thiazole rings is 1. The Labute approximate surface area is 191 Å². The van der Waals surface area contributed by atoms with Crippen LogP contribution >= 0.6 is 11.3 Å². The number of halogens is 2. The van der Waals surface area contributed by atoms with E-state index in [1.54, 1.807) is 32.2 Å². The number of benzene rings is 1. The van der Waals surface area contributed by atoms with Crippen molar-refractivity contribution in [3.05, 3.63) is 63.0 Å². The Kier molecular flexibility index (Phi) is 8.46. The SMILES string of the molecule is CCOC(=O)C1=C(CN(CC)CCCF)NC(c2nccs2)=N[C@H]1c1cccc(F)c1C. The maximum atomic E-state index is 14.4. The van der Waals surface area contributed by atoms with Gasteiger partial charge in [-0.25, -0.2) is 14.2 Å². The van der Waals surface area contributed by atoms with Crippen LogP contribution in [-0.2, 0) is 9.53 Å². The van der Waals surface area contributed by atoms with Gasteiger partial charge in [-0.2, -0.15) is 0 Å². The fourth-order valence-corrected chi connectivity index (χ4v) is 4.21. The normalized spacial score (nSPS) is 16.2. The van der Waals surface area contributed by atoms with E-state index in [1.165, 1.54) is 17.4 Å². The van der Waals surface area contributed by atoms with E-state index in [2.05, 4.69) is 10.3 Å². The average molecular weight is 463 g/mol. The summed E-state index contributed by atoms with van der Waals surface area (Å²) in [6, 6.07) is 4.02. The topological polar surface area (TPSA) is 66.8 Å². The van der Waals surface area contributed by atoms with Gasteiger partial charge in [0.25, 0.3) is 0 Å². The van der Waals surface area contributed by atoms with Crippen molar-refractivity contribution in [2.45, 2.75) is 33.2 Å². The highest BCUT2D eigenvalue weighted by molar-refractivity contribution is 7.11. The van der Waals surface area contributed by atoms with Crippen molar-refractivity contribution in [1.29, 1.82) is 0 Å². The Bertz CT molecular complexity index is 992. The second-order valence-electron chi connectivity index (χ2n) is 7.32. The third kappa shape index (κ3) is 5.39. The average Bonchev–Trinajstić information content (AvgIpc) is 3.33. The highest BCUT2D eigenvalue weighted by Crippen LogP contribution is 2.35. The fourth-order valence-electron chi connectivity index (χ4n) is 3.62. The third-order valence-corrected chi connectivity index (χ3v) is 6.08. The third-order valence-electron chi connectivity index (χ3n) is 5.30. The molecule has 1 aromatic heterocycles. The number of amidine groups is 1. The second-order valence-corrected chi connectivity index (χ2v) is 8.22. The zero-order valence-corrected chi connectivity index (χ0v) is 19.3. The van der Waals surface area contributed by atoms with Crippen LogP contribution < -0.4 is 5.32 Å². The van der Waals surface area contributed by atoms with E-state index in [0.29, 0.717) is 59.3 Å². The predicted molar refractivity (Wildman–Crippen MR) is 122 cm³/mol. The number of aliphatic imine (C=N–C) groups is 1. The molecule has 6 nitrogen and oxygen atoms in total. The van der Waals surface area contributed by atoms with E-state index in [1.807, 2.05) is 17.2 Å². The molecule has 172 valence electrons. The van der Waals surface area contributed by atoms with E-state index in [-0.39, 0.29) is 12.4 Å². The van der Waals surface area contributed by atoms with Crippen LogP contribution in [0.25, 0.3) is 0 Å². The second kappa shape index (κ2) is 11.3. The number of carbonyl (C=O) groups is 1. The molecule has 0 saturated carbocycles. The molecule has 1 aliphatic rings. The Hall–Kier alpha value is -2.65. The molecule has 2 aromatic rings. The molecule has 0 unspecified atom stereocenters. The van der Waals surface area contributed by atoms with Gasteiger partial charge in [-0.05, 0) is 44.0 Å². The maximum absolute atomic E-state index is 14.4. The number of nitrogens with one attached hydrogen (secondary N) is 1. The minimum absolute atomic E-state index is 0.201. The first-order valence-electron chi connectivity index (χ1n) is 10.7. The zero-order chi connectivity index (χ0) is 23.1. The lowest BCUT2D eigenvalue weighted by molar-refractivity contribution is -0.139. The lowest BCUT2D eigenvalue weighted by atomic mass is 9.92. The predicted octanol–water partition coefficient (Wildman–Crippen LogP) is 4.18. The Morgan fingerprint density at radius 3 is 2.81 bits per heavy atom. The van der Waals surface area contributed by atoms with Crippen molar-refractivity contribution in [3.63, 3.8) is 0 Å². The molecule has 0 fully saturated rings. The molecule has 1 atom stereocenters. The summed E-state index contributed by atoms with van der Waals surface area (Å²) < 4.78 is 32.6. The molecule has 0 saturated heterocycles. The van der Waals surface area contributed by atoms with Crippen LogP contribution in [0.1, 0.15) is 42.4 Å². The van der Waals surface area contributed by atoms with Gasteiger partial charge in [0.1, 0.15) is 11.9 Å². The lowest BCUT2D eigenvalue weighted by Gasteiger charge is -2.30. The van der Waals surface area contributed by atoms with Crippen LogP contribution in [0.2, 0.25) is 0 Å². The van der Waals surface area contributed by atoms with Crippen LogP contribution in [0.3, 0.4) is 0 Å². The molecular formula is C23H28F2N4O2S. The van der Waals surface area contributed by atoms with Crippen molar-refractivity contribution in [2.24, 2.45) is 4.99 Å². The van der Waals surface area contributed by atoms with Gasteiger partial charge in [0.15, 0.2) is 10.8 Å². The van der Waals surface area contributed by atoms with Gasteiger partial charge in [0.05, 0.1) is 18.9 Å².